The van der Waals surface area contributed by atoms with Gasteiger partial charge >= 0.3 is 0 Å². The van der Waals surface area contributed by atoms with E-state index in [9.17, 15) is 0 Å². The summed E-state index contributed by atoms with van der Waals surface area (Å²) in [5, 5.41) is 2.64. The maximum atomic E-state index is 3.16. The molecule has 5 rings (SSSR count). The number of benzene rings is 3. The third kappa shape index (κ3) is 4.44. The van der Waals surface area contributed by atoms with Crippen LogP contribution in [-0.4, -0.2) is 4.57 Å². The zero-order valence-electron chi connectivity index (χ0n) is 23.9. The lowest BCUT2D eigenvalue weighted by molar-refractivity contribution is 0.589. The molecule has 0 unspecified atom stereocenters. The molecule has 0 radical (unpaired) electrons. The molecule has 0 aliphatic carbocycles. The highest BCUT2D eigenvalue weighted by atomic mass is 15.0. The van der Waals surface area contributed by atoms with Crippen LogP contribution < -0.4 is 0 Å². The van der Waals surface area contributed by atoms with Gasteiger partial charge in [0.1, 0.15) is 0 Å². The topological polar surface area (TPSA) is 4.93 Å². The quantitative estimate of drug-likeness (QED) is 0.234. The smallest absolute Gasteiger partial charge is 0.0541 e. The lowest BCUT2D eigenvalue weighted by Crippen LogP contribution is -2.17. The van der Waals surface area contributed by atoms with E-state index < -0.39 is 0 Å². The molecule has 1 aromatic heterocycles. The summed E-state index contributed by atoms with van der Waals surface area (Å²) in [5.74, 6) is 0. The van der Waals surface area contributed by atoms with Gasteiger partial charge in [0.05, 0.1) is 16.7 Å². The Bertz CT molecular complexity index is 1520. The first kappa shape index (κ1) is 25.2. The third-order valence-electron chi connectivity index (χ3n) is 7.50. The van der Waals surface area contributed by atoms with Gasteiger partial charge in [-0.1, -0.05) is 98.7 Å². The average molecular weight is 486 g/mol. The number of fused-ring (bicyclic) bond motifs is 3. The third-order valence-corrected chi connectivity index (χ3v) is 7.50. The highest BCUT2D eigenvalue weighted by Crippen LogP contribution is 2.42. The molecule has 5 aromatic rings. The first-order valence-electron chi connectivity index (χ1n) is 13.4. The van der Waals surface area contributed by atoms with E-state index in [1.165, 1.54) is 55.3 Å². The van der Waals surface area contributed by atoms with Gasteiger partial charge in [-0.2, -0.15) is 0 Å². The maximum Gasteiger partial charge on any atom is 0.0541 e. The van der Waals surface area contributed by atoms with Crippen molar-refractivity contribution in [3.05, 3.63) is 102 Å². The van der Waals surface area contributed by atoms with Crippen LogP contribution in [0.2, 0.25) is 0 Å². The Morgan fingerprint density at radius 2 is 1.16 bits per heavy atom. The van der Waals surface area contributed by atoms with Crippen molar-refractivity contribution < 1.29 is 0 Å². The molecule has 1 heterocycles. The van der Waals surface area contributed by atoms with E-state index in [0.717, 1.165) is 0 Å². The van der Waals surface area contributed by atoms with Crippen LogP contribution in [0.15, 0.2) is 72.8 Å². The van der Waals surface area contributed by atoms with Crippen molar-refractivity contribution in [2.24, 2.45) is 0 Å². The van der Waals surface area contributed by atoms with Crippen molar-refractivity contribution in [1.29, 1.82) is 0 Å². The average Bonchev–Trinajstić information content (AvgIpc) is 3.15. The molecule has 0 spiro atoms. The van der Waals surface area contributed by atoms with Crippen LogP contribution in [-0.2, 0) is 16.2 Å². The van der Waals surface area contributed by atoms with E-state index in [4.69, 9.17) is 0 Å². The van der Waals surface area contributed by atoms with Gasteiger partial charge in [0.2, 0.25) is 0 Å². The first-order valence-corrected chi connectivity index (χ1v) is 13.4. The summed E-state index contributed by atoms with van der Waals surface area (Å²) in [6, 6.07) is 33.2. The second kappa shape index (κ2) is 8.53. The Labute approximate surface area is 223 Å². The summed E-state index contributed by atoms with van der Waals surface area (Å²) in [4.78, 5) is 0. The largest absolute Gasteiger partial charge is 0.309 e. The highest BCUT2D eigenvalue weighted by molar-refractivity contribution is 6.10. The lowest BCUT2D eigenvalue weighted by Gasteiger charge is -2.28. The lowest BCUT2D eigenvalue weighted by atomic mass is 9.80. The van der Waals surface area contributed by atoms with Crippen LogP contribution in [0.1, 0.15) is 79.0 Å². The Morgan fingerprint density at radius 1 is 0.595 bits per heavy atom. The fourth-order valence-electron chi connectivity index (χ4n) is 5.49. The van der Waals surface area contributed by atoms with E-state index >= 15 is 0 Å². The summed E-state index contributed by atoms with van der Waals surface area (Å²) in [7, 11) is 0. The summed E-state index contributed by atoms with van der Waals surface area (Å²) < 4.78 is 2.49. The molecule has 188 valence electrons. The van der Waals surface area contributed by atoms with Crippen molar-refractivity contribution in [3.8, 4) is 16.8 Å². The van der Waals surface area contributed by atoms with Gasteiger partial charge in [-0.05, 0) is 92.6 Å². The molecule has 1 nitrogen and oxygen atoms in total. The van der Waals surface area contributed by atoms with Gasteiger partial charge in [-0.3, -0.25) is 0 Å². The monoisotopic (exact) mass is 485 g/mol. The van der Waals surface area contributed by atoms with E-state index in [1.807, 2.05) is 12.1 Å². The van der Waals surface area contributed by atoms with Crippen molar-refractivity contribution in [2.75, 3.05) is 0 Å². The molecule has 0 bridgehead atoms. The van der Waals surface area contributed by atoms with Crippen LogP contribution in [0.25, 0.3) is 38.6 Å². The predicted molar refractivity (Wildman–Crippen MR) is 160 cm³/mol. The summed E-state index contributed by atoms with van der Waals surface area (Å²) in [5.41, 5.74) is 10.3. The second-order valence-electron chi connectivity index (χ2n) is 13.5. The number of nitrogens with zero attached hydrogens (tertiary/aromatic N) is 1. The molecular formula is C36H39N. The molecule has 1 heteroatoms. The molecule has 0 amide bonds. The molecular weight excluding hydrogens is 446 g/mol. The van der Waals surface area contributed by atoms with E-state index in [0.29, 0.717) is 0 Å². The summed E-state index contributed by atoms with van der Waals surface area (Å²) >= 11 is 0. The fourth-order valence-corrected chi connectivity index (χ4v) is 5.49. The second-order valence-corrected chi connectivity index (χ2v) is 13.5. The van der Waals surface area contributed by atoms with Gasteiger partial charge in [0, 0.05) is 10.8 Å². The standard InChI is InChI=1S/C36H39N/c1-34(2,3)25-18-20-30-28(22-25)29-23-26(35(4,5)6)19-21-31(29)37(30)32-17-13-16-27(33(32)36(7,8)9)24-14-11-10-12-15-24/h11,13-23H,1-9H3. The Hall–Kier alpha value is -3.50. The normalized spacial score (nSPS) is 12.8. The number of aromatic nitrogens is 1. The Balaban J connectivity index is 1.93. The highest BCUT2D eigenvalue weighted by Gasteiger charge is 2.26. The van der Waals surface area contributed by atoms with Crippen molar-refractivity contribution in [3.63, 3.8) is 0 Å². The van der Waals surface area contributed by atoms with Gasteiger partial charge in [-0.25, -0.2) is 0 Å². The van der Waals surface area contributed by atoms with Gasteiger partial charge < -0.3 is 4.57 Å². The predicted octanol–water partition coefficient (Wildman–Crippen LogP) is 9.94. The van der Waals surface area contributed by atoms with E-state index in [-0.39, 0.29) is 16.2 Å². The number of rotatable bonds is 2. The van der Waals surface area contributed by atoms with Gasteiger partial charge in [0.15, 0.2) is 0 Å². The van der Waals surface area contributed by atoms with Crippen LogP contribution in [0, 0.1) is 12.1 Å². The molecule has 4 aromatic carbocycles. The van der Waals surface area contributed by atoms with Crippen LogP contribution in [0.5, 0.6) is 0 Å². The van der Waals surface area contributed by atoms with Gasteiger partial charge in [-0.15, -0.1) is 0 Å². The molecule has 0 saturated heterocycles. The molecule has 0 N–H and O–H groups in total. The number of hydrogen-bond donors (Lipinski definition) is 0. The molecule has 0 aliphatic heterocycles. The first-order chi connectivity index (χ1) is 17.3. The van der Waals surface area contributed by atoms with Crippen LogP contribution in [0.3, 0.4) is 0 Å². The minimum Gasteiger partial charge on any atom is -0.309 e. The van der Waals surface area contributed by atoms with Crippen molar-refractivity contribution in [1.82, 2.24) is 4.57 Å². The SMILES string of the molecule is CC(C)(C)c1ccc2c(c1)c1cc(C(C)(C)C)ccc1n2-c1cccc(-c2cc#ccc2)c1C(C)(C)C. The van der Waals surface area contributed by atoms with Crippen LogP contribution >= 0.6 is 0 Å². The fraction of sp³-hybridized carbons (Fsp3) is 0.333. The van der Waals surface area contributed by atoms with Crippen molar-refractivity contribution in [2.45, 2.75) is 78.6 Å². The molecule has 0 aliphatic rings. The molecule has 0 saturated carbocycles. The minimum atomic E-state index is -0.0644. The molecule has 37 heavy (non-hydrogen) atoms. The van der Waals surface area contributed by atoms with E-state index in [1.54, 1.807) is 0 Å². The van der Waals surface area contributed by atoms with E-state index in [2.05, 4.69) is 140 Å². The van der Waals surface area contributed by atoms with Crippen molar-refractivity contribution >= 4 is 21.8 Å². The van der Waals surface area contributed by atoms with Crippen LogP contribution in [0.4, 0.5) is 0 Å². The summed E-state index contributed by atoms with van der Waals surface area (Å²) in [6.45, 7) is 20.7. The maximum absolute atomic E-state index is 3.16. The summed E-state index contributed by atoms with van der Waals surface area (Å²) in [6.07, 6.45) is 0. The Morgan fingerprint density at radius 3 is 1.62 bits per heavy atom. The van der Waals surface area contributed by atoms with Gasteiger partial charge in [0.25, 0.3) is 0 Å². The Kier molecular flexibility index (Phi) is 5.80. The minimum absolute atomic E-state index is 0.0644. The molecule has 0 fully saturated rings. The molecule has 0 atom stereocenters. The zero-order chi connectivity index (χ0) is 26.8. The zero-order valence-corrected chi connectivity index (χ0v) is 23.9. The number of hydrogen-bond acceptors (Lipinski definition) is 0.